The number of halogens is 1. The van der Waals surface area contributed by atoms with Crippen LogP contribution < -0.4 is 4.90 Å². The molecule has 1 aromatic carbocycles. The highest BCUT2D eigenvalue weighted by Crippen LogP contribution is 2.27. The molecule has 22 heavy (non-hydrogen) atoms. The van der Waals surface area contributed by atoms with Gasteiger partial charge in [-0.3, -0.25) is 0 Å². The first-order valence-corrected chi connectivity index (χ1v) is 7.99. The minimum absolute atomic E-state index is 0.222. The fourth-order valence-corrected chi connectivity index (χ4v) is 3.49. The van der Waals surface area contributed by atoms with Crippen LogP contribution in [0.3, 0.4) is 0 Å². The third kappa shape index (κ3) is 2.46. The molecule has 0 aliphatic carbocycles. The topological polar surface area (TPSA) is 42.7 Å². The van der Waals surface area contributed by atoms with Crippen molar-refractivity contribution in [2.24, 2.45) is 0 Å². The lowest BCUT2D eigenvalue weighted by atomic mass is 10.2. The van der Waals surface area contributed by atoms with E-state index >= 15 is 0 Å². The van der Waals surface area contributed by atoms with E-state index in [4.69, 9.17) is 4.74 Å². The van der Waals surface area contributed by atoms with Gasteiger partial charge in [0.1, 0.15) is 5.82 Å². The van der Waals surface area contributed by atoms with Gasteiger partial charge in [0.05, 0.1) is 24.6 Å². The predicted molar refractivity (Wildman–Crippen MR) is 83.9 cm³/mol. The van der Waals surface area contributed by atoms with Gasteiger partial charge in [0, 0.05) is 18.7 Å². The first kappa shape index (κ1) is 13.7. The van der Waals surface area contributed by atoms with Gasteiger partial charge in [0.2, 0.25) is 10.1 Å². The number of hydrogen-bond donors (Lipinski definition) is 0. The first-order chi connectivity index (χ1) is 10.7. The minimum atomic E-state index is -0.244. The van der Waals surface area contributed by atoms with E-state index in [-0.39, 0.29) is 11.9 Å². The number of nitrogens with zero attached hydrogens (tertiary/aromatic N) is 4. The molecule has 0 bridgehead atoms. The summed E-state index contributed by atoms with van der Waals surface area (Å²) in [4.78, 5) is 7.65. The molecule has 0 amide bonds. The maximum atomic E-state index is 13.0. The average molecular weight is 318 g/mol. The Labute approximate surface area is 131 Å². The monoisotopic (exact) mass is 318 g/mol. The first-order valence-electron chi connectivity index (χ1n) is 7.18. The number of ether oxygens (including phenoxy) is 1. The SMILES string of the molecule is C[C@H]1CN(c2nn3cc(-c4ccc(F)cc4)nc3s2)CCO1. The molecule has 0 unspecified atom stereocenters. The van der Waals surface area contributed by atoms with Gasteiger partial charge >= 0.3 is 0 Å². The van der Waals surface area contributed by atoms with Crippen LogP contribution >= 0.6 is 11.3 Å². The summed E-state index contributed by atoms with van der Waals surface area (Å²) in [5, 5.41) is 5.56. The molecule has 7 heteroatoms. The fraction of sp³-hybridized carbons (Fsp3) is 0.333. The molecular weight excluding hydrogens is 303 g/mol. The van der Waals surface area contributed by atoms with E-state index < -0.39 is 0 Å². The number of benzene rings is 1. The molecule has 5 nitrogen and oxygen atoms in total. The molecule has 3 heterocycles. The van der Waals surface area contributed by atoms with Gasteiger partial charge in [-0.05, 0) is 31.2 Å². The van der Waals surface area contributed by atoms with Crippen LogP contribution in [0.4, 0.5) is 9.52 Å². The average Bonchev–Trinajstić information content (AvgIpc) is 3.06. The van der Waals surface area contributed by atoms with Crippen molar-refractivity contribution in [3.05, 3.63) is 36.3 Å². The zero-order valence-corrected chi connectivity index (χ0v) is 12.9. The zero-order chi connectivity index (χ0) is 15.1. The van der Waals surface area contributed by atoms with Crippen LogP contribution in [0, 0.1) is 5.82 Å². The normalized spacial score (nSPS) is 19.0. The van der Waals surface area contributed by atoms with Crippen molar-refractivity contribution in [3.8, 4) is 11.3 Å². The Balaban J connectivity index is 1.63. The molecule has 4 rings (SSSR count). The number of hydrogen-bond acceptors (Lipinski definition) is 5. The van der Waals surface area contributed by atoms with Crippen LogP contribution in [0.5, 0.6) is 0 Å². The molecular formula is C15H15FN4OS. The Kier molecular flexibility index (Phi) is 3.31. The summed E-state index contributed by atoms with van der Waals surface area (Å²) in [5.41, 5.74) is 1.70. The summed E-state index contributed by atoms with van der Waals surface area (Å²) in [6.45, 7) is 4.49. The van der Waals surface area contributed by atoms with Gasteiger partial charge < -0.3 is 9.64 Å². The lowest BCUT2D eigenvalue weighted by Crippen LogP contribution is -2.41. The summed E-state index contributed by atoms with van der Waals surface area (Å²) < 4.78 is 20.3. The largest absolute Gasteiger partial charge is 0.375 e. The van der Waals surface area contributed by atoms with E-state index in [0.717, 1.165) is 41.0 Å². The van der Waals surface area contributed by atoms with Crippen molar-refractivity contribution in [2.75, 3.05) is 24.6 Å². The molecule has 1 saturated heterocycles. The van der Waals surface area contributed by atoms with Gasteiger partial charge in [-0.15, -0.1) is 5.10 Å². The Hall–Kier alpha value is -1.99. The quantitative estimate of drug-likeness (QED) is 0.729. The second kappa shape index (κ2) is 5.33. The minimum Gasteiger partial charge on any atom is -0.375 e. The molecule has 1 aliphatic heterocycles. The number of fused-ring (bicyclic) bond motifs is 1. The van der Waals surface area contributed by atoms with E-state index in [1.54, 1.807) is 28.0 Å². The molecule has 1 fully saturated rings. The van der Waals surface area contributed by atoms with Crippen molar-refractivity contribution in [3.63, 3.8) is 0 Å². The van der Waals surface area contributed by atoms with E-state index in [9.17, 15) is 4.39 Å². The summed E-state index contributed by atoms with van der Waals surface area (Å²) in [6.07, 6.45) is 2.10. The van der Waals surface area contributed by atoms with Gasteiger partial charge in [-0.1, -0.05) is 11.3 Å². The number of rotatable bonds is 2. The van der Waals surface area contributed by atoms with Gasteiger partial charge in [0.15, 0.2) is 0 Å². The zero-order valence-electron chi connectivity index (χ0n) is 12.1. The predicted octanol–water partition coefficient (Wildman–Crippen LogP) is 2.82. The standard InChI is InChI=1S/C15H15FN4OS/c1-10-8-19(6-7-21-10)15-18-20-9-13(17-14(20)22-15)11-2-4-12(16)5-3-11/h2-5,9-10H,6-8H2,1H3/t10-/m0/s1. The Morgan fingerprint density at radius 2 is 2.14 bits per heavy atom. The van der Waals surface area contributed by atoms with Gasteiger partial charge in [-0.2, -0.15) is 0 Å². The van der Waals surface area contributed by atoms with Crippen molar-refractivity contribution in [1.82, 2.24) is 14.6 Å². The van der Waals surface area contributed by atoms with E-state index in [1.165, 1.54) is 12.1 Å². The van der Waals surface area contributed by atoms with Gasteiger partial charge in [-0.25, -0.2) is 13.9 Å². The summed E-state index contributed by atoms with van der Waals surface area (Å²) >= 11 is 1.56. The number of anilines is 1. The Morgan fingerprint density at radius 3 is 2.86 bits per heavy atom. The highest BCUT2D eigenvalue weighted by molar-refractivity contribution is 7.20. The molecule has 1 aliphatic rings. The molecule has 0 saturated carbocycles. The van der Waals surface area contributed by atoms with Crippen LogP contribution in [-0.4, -0.2) is 40.4 Å². The summed E-state index contributed by atoms with van der Waals surface area (Å²) in [5.74, 6) is -0.244. The smallest absolute Gasteiger partial charge is 0.214 e. The second-order valence-corrected chi connectivity index (χ2v) is 6.31. The van der Waals surface area contributed by atoms with Crippen molar-refractivity contribution >= 4 is 21.4 Å². The molecule has 0 radical (unpaired) electrons. The van der Waals surface area contributed by atoms with E-state index in [1.807, 2.05) is 6.20 Å². The highest BCUT2D eigenvalue weighted by Gasteiger charge is 2.21. The highest BCUT2D eigenvalue weighted by atomic mass is 32.1. The molecule has 2 aromatic heterocycles. The number of morpholine rings is 1. The van der Waals surface area contributed by atoms with E-state index in [0.29, 0.717) is 0 Å². The van der Waals surface area contributed by atoms with E-state index in [2.05, 4.69) is 21.9 Å². The maximum Gasteiger partial charge on any atom is 0.214 e. The lowest BCUT2D eigenvalue weighted by molar-refractivity contribution is 0.0531. The van der Waals surface area contributed by atoms with Crippen LogP contribution in [0.2, 0.25) is 0 Å². The second-order valence-electron chi connectivity index (χ2n) is 5.37. The molecule has 3 aromatic rings. The molecule has 114 valence electrons. The lowest BCUT2D eigenvalue weighted by Gasteiger charge is -2.30. The van der Waals surface area contributed by atoms with Crippen LogP contribution in [0.25, 0.3) is 16.2 Å². The Bertz CT molecular complexity index is 766. The fourth-order valence-electron chi connectivity index (χ4n) is 2.57. The van der Waals surface area contributed by atoms with Crippen LogP contribution in [0.15, 0.2) is 30.5 Å². The maximum absolute atomic E-state index is 13.0. The molecule has 1 atom stereocenters. The third-order valence-corrected chi connectivity index (χ3v) is 4.67. The van der Waals surface area contributed by atoms with Crippen molar-refractivity contribution in [2.45, 2.75) is 13.0 Å². The van der Waals surface area contributed by atoms with Crippen molar-refractivity contribution < 1.29 is 9.13 Å². The van der Waals surface area contributed by atoms with Crippen molar-refractivity contribution in [1.29, 1.82) is 0 Å². The third-order valence-electron chi connectivity index (χ3n) is 3.68. The molecule has 0 spiro atoms. The van der Waals surface area contributed by atoms with Crippen LogP contribution in [-0.2, 0) is 4.74 Å². The number of aromatic nitrogens is 3. The molecule has 0 N–H and O–H groups in total. The van der Waals surface area contributed by atoms with Crippen LogP contribution in [0.1, 0.15) is 6.92 Å². The van der Waals surface area contributed by atoms with Gasteiger partial charge in [0.25, 0.3) is 0 Å². The number of imidazole rings is 1. The Morgan fingerprint density at radius 1 is 1.32 bits per heavy atom. The summed E-state index contributed by atoms with van der Waals surface area (Å²) in [6, 6.07) is 6.34. The summed E-state index contributed by atoms with van der Waals surface area (Å²) in [7, 11) is 0.